The summed E-state index contributed by atoms with van der Waals surface area (Å²) in [5.74, 6) is 0.200. The Kier molecular flexibility index (Phi) is 6.46. The van der Waals surface area contributed by atoms with Gasteiger partial charge in [-0.25, -0.2) is 0 Å². The molecule has 31 heavy (non-hydrogen) atoms. The maximum Gasteiger partial charge on any atom is 0.253 e. The summed E-state index contributed by atoms with van der Waals surface area (Å²) in [4.78, 5) is 29.2. The maximum absolute atomic E-state index is 12.9. The Hall–Kier alpha value is -3.40. The fourth-order valence-electron chi connectivity index (χ4n) is 3.94. The average Bonchev–Trinajstić information content (AvgIpc) is 2.84. The average molecular weight is 413 g/mol. The van der Waals surface area contributed by atoms with Crippen LogP contribution < -0.4 is 0 Å². The summed E-state index contributed by atoms with van der Waals surface area (Å²) in [5, 5.41) is 0. The monoisotopic (exact) mass is 412 g/mol. The number of carbonyl (C=O) groups is 2. The van der Waals surface area contributed by atoms with E-state index in [2.05, 4.69) is 43.3 Å². The molecule has 0 spiro atoms. The van der Waals surface area contributed by atoms with E-state index in [-0.39, 0.29) is 11.8 Å². The fourth-order valence-corrected chi connectivity index (χ4v) is 3.94. The quantitative estimate of drug-likeness (QED) is 0.615. The van der Waals surface area contributed by atoms with Crippen molar-refractivity contribution in [1.29, 1.82) is 0 Å². The minimum absolute atomic E-state index is 0.0337. The van der Waals surface area contributed by atoms with Gasteiger partial charge >= 0.3 is 0 Å². The van der Waals surface area contributed by atoms with Gasteiger partial charge in [0.2, 0.25) is 5.91 Å². The number of rotatable bonds is 5. The van der Waals surface area contributed by atoms with Gasteiger partial charge in [-0.15, -0.1) is 0 Å². The van der Waals surface area contributed by atoms with E-state index >= 15 is 0 Å². The molecule has 4 rings (SSSR count). The number of amides is 2. The highest BCUT2D eigenvalue weighted by atomic mass is 16.2. The molecular weight excluding hydrogens is 384 g/mol. The van der Waals surface area contributed by atoms with Gasteiger partial charge in [-0.1, -0.05) is 72.3 Å². The lowest BCUT2D eigenvalue weighted by atomic mass is 10.0. The fraction of sp³-hybridized carbons (Fsp3) is 0.259. The zero-order valence-corrected chi connectivity index (χ0v) is 18.0. The maximum atomic E-state index is 12.9. The first-order chi connectivity index (χ1) is 15.1. The number of piperazine rings is 1. The van der Waals surface area contributed by atoms with Crippen LogP contribution in [0.2, 0.25) is 0 Å². The third-order valence-corrected chi connectivity index (χ3v) is 5.91. The van der Waals surface area contributed by atoms with Crippen LogP contribution in [0.25, 0.3) is 11.1 Å². The summed E-state index contributed by atoms with van der Waals surface area (Å²) >= 11 is 0. The van der Waals surface area contributed by atoms with Crippen molar-refractivity contribution in [3.05, 3.63) is 95.6 Å². The Morgan fingerprint density at radius 3 is 1.94 bits per heavy atom. The van der Waals surface area contributed by atoms with Crippen LogP contribution in [-0.2, 0) is 11.2 Å². The van der Waals surface area contributed by atoms with Gasteiger partial charge in [-0.2, -0.15) is 0 Å². The van der Waals surface area contributed by atoms with Crippen LogP contribution in [0.15, 0.2) is 78.9 Å². The van der Waals surface area contributed by atoms with E-state index in [1.807, 2.05) is 52.3 Å². The molecule has 0 aromatic heterocycles. The van der Waals surface area contributed by atoms with E-state index in [1.165, 1.54) is 11.1 Å². The van der Waals surface area contributed by atoms with Crippen molar-refractivity contribution in [2.45, 2.75) is 19.8 Å². The Morgan fingerprint density at radius 2 is 1.29 bits per heavy atom. The van der Waals surface area contributed by atoms with Crippen LogP contribution in [0.4, 0.5) is 0 Å². The largest absolute Gasteiger partial charge is 0.339 e. The van der Waals surface area contributed by atoms with E-state index in [0.717, 1.165) is 17.5 Å². The molecule has 1 fully saturated rings. The van der Waals surface area contributed by atoms with Crippen molar-refractivity contribution in [3.63, 3.8) is 0 Å². The third-order valence-electron chi connectivity index (χ3n) is 5.91. The van der Waals surface area contributed by atoms with Crippen molar-refractivity contribution in [3.8, 4) is 11.1 Å². The molecule has 3 aromatic carbocycles. The second-order valence-corrected chi connectivity index (χ2v) is 8.10. The van der Waals surface area contributed by atoms with Crippen molar-refractivity contribution in [2.75, 3.05) is 26.2 Å². The molecule has 2 amide bonds. The Morgan fingerprint density at radius 1 is 0.710 bits per heavy atom. The lowest BCUT2D eigenvalue weighted by Crippen LogP contribution is -2.50. The minimum atomic E-state index is 0.0337. The first kappa shape index (κ1) is 20.9. The summed E-state index contributed by atoms with van der Waals surface area (Å²) in [6, 6.07) is 26.2. The molecule has 0 radical (unpaired) electrons. The molecule has 3 aromatic rings. The van der Waals surface area contributed by atoms with E-state index in [9.17, 15) is 9.59 Å². The molecule has 0 aliphatic carbocycles. The molecule has 158 valence electrons. The SMILES string of the molecule is Cc1ccc(CCC(=O)N2CCN(C(=O)c3ccc(-c4ccccc4)cc3)CC2)cc1. The number of aryl methyl sites for hydroxylation is 2. The van der Waals surface area contributed by atoms with Gasteiger partial charge in [0.15, 0.2) is 0 Å². The van der Waals surface area contributed by atoms with Crippen LogP contribution >= 0.6 is 0 Å². The molecule has 0 unspecified atom stereocenters. The number of hydrogen-bond donors (Lipinski definition) is 0. The van der Waals surface area contributed by atoms with Crippen molar-refractivity contribution in [2.24, 2.45) is 0 Å². The van der Waals surface area contributed by atoms with Gasteiger partial charge in [-0.3, -0.25) is 9.59 Å². The Bertz CT molecular complexity index is 1020. The number of benzene rings is 3. The molecule has 1 aliphatic rings. The number of carbonyl (C=O) groups excluding carboxylic acids is 2. The van der Waals surface area contributed by atoms with Gasteiger partial charge in [0.1, 0.15) is 0 Å². The van der Waals surface area contributed by atoms with Gasteiger partial charge in [0.05, 0.1) is 0 Å². The summed E-state index contributed by atoms with van der Waals surface area (Å²) in [6.45, 7) is 4.42. The smallest absolute Gasteiger partial charge is 0.253 e. The van der Waals surface area contributed by atoms with Gasteiger partial charge in [0.25, 0.3) is 5.91 Å². The summed E-state index contributed by atoms with van der Waals surface area (Å²) in [6.07, 6.45) is 1.27. The third kappa shape index (κ3) is 5.21. The molecule has 1 aliphatic heterocycles. The second kappa shape index (κ2) is 9.61. The number of hydrogen-bond acceptors (Lipinski definition) is 2. The number of nitrogens with zero attached hydrogens (tertiary/aromatic N) is 2. The molecule has 1 saturated heterocycles. The van der Waals surface area contributed by atoms with Crippen LogP contribution in [0.5, 0.6) is 0 Å². The van der Waals surface area contributed by atoms with Crippen LogP contribution in [-0.4, -0.2) is 47.8 Å². The second-order valence-electron chi connectivity index (χ2n) is 8.10. The first-order valence-corrected chi connectivity index (χ1v) is 10.9. The van der Waals surface area contributed by atoms with Gasteiger partial charge in [0, 0.05) is 38.2 Å². The predicted molar refractivity (Wildman–Crippen MR) is 124 cm³/mol. The molecular formula is C27H28N2O2. The molecule has 0 N–H and O–H groups in total. The summed E-state index contributed by atoms with van der Waals surface area (Å²) in [7, 11) is 0. The van der Waals surface area contributed by atoms with Crippen molar-refractivity contribution < 1.29 is 9.59 Å². The zero-order valence-electron chi connectivity index (χ0n) is 18.0. The van der Waals surface area contributed by atoms with Crippen molar-refractivity contribution >= 4 is 11.8 Å². The lowest BCUT2D eigenvalue weighted by Gasteiger charge is -2.35. The highest BCUT2D eigenvalue weighted by Gasteiger charge is 2.24. The van der Waals surface area contributed by atoms with Crippen LogP contribution in [0.3, 0.4) is 0 Å². The Balaban J connectivity index is 1.28. The molecule has 0 saturated carbocycles. The molecule has 4 heteroatoms. The summed E-state index contributed by atoms with van der Waals surface area (Å²) < 4.78 is 0. The zero-order chi connectivity index (χ0) is 21.6. The topological polar surface area (TPSA) is 40.6 Å². The van der Waals surface area contributed by atoms with Gasteiger partial charge in [-0.05, 0) is 42.2 Å². The highest BCUT2D eigenvalue weighted by molar-refractivity contribution is 5.95. The first-order valence-electron chi connectivity index (χ1n) is 10.9. The van der Waals surface area contributed by atoms with Crippen molar-refractivity contribution in [1.82, 2.24) is 9.80 Å². The molecule has 0 atom stereocenters. The van der Waals surface area contributed by atoms with Crippen LogP contribution in [0, 0.1) is 6.92 Å². The molecule has 4 nitrogen and oxygen atoms in total. The van der Waals surface area contributed by atoms with E-state index in [0.29, 0.717) is 38.2 Å². The minimum Gasteiger partial charge on any atom is -0.339 e. The van der Waals surface area contributed by atoms with Gasteiger partial charge < -0.3 is 9.80 Å². The summed E-state index contributed by atoms with van der Waals surface area (Å²) in [5.41, 5.74) is 5.34. The van der Waals surface area contributed by atoms with E-state index in [1.54, 1.807) is 0 Å². The highest BCUT2D eigenvalue weighted by Crippen LogP contribution is 2.20. The molecule has 1 heterocycles. The standard InChI is InChI=1S/C27H28N2O2/c1-21-7-9-22(10-8-21)11-16-26(30)28-17-19-29(20-18-28)27(31)25-14-12-24(13-15-25)23-5-3-2-4-6-23/h2-10,12-15H,11,16-20H2,1H3. The molecule has 0 bridgehead atoms. The Labute approximate surface area is 184 Å². The predicted octanol–water partition coefficient (Wildman–Crippen LogP) is 4.58. The van der Waals surface area contributed by atoms with E-state index in [4.69, 9.17) is 0 Å². The van der Waals surface area contributed by atoms with E-state index < -0.39 is 0 Å². The lowest BCUT2D eigenvalue weighted by molar-refractivity contribution is -0.132. The van der Waals surface area contributed by atoms with Crippen LogP contribution in [0.1, 0.15) is 27.9 Å². The normalized spacial score (nSPS) is 13.8.